The van der Waals surface area contributed by atoms with Gasteiger partial charge in [0.2, 0.25) is 0 Å². The van der Waals surface area contributed by atoms with Crippen molar-refractivity contribution < 1.29 is 14.9 Å². The van der Waals surface area contributed by atoms with Crippen LogP contribution in [0.3, 0.4) is 0 Å². The Morgan fingerprint density at radius 3 is 2.95 bits per heavy atom. The normalized spacial score (nSPS) is 22.3. The highest BCUT2D eigenvalue weighted by Crippen LogP contribution is 2.24. The van der Waals surface area contributed by atoms with Crippen molar-refractivity contribution in [2.45, 2.75) is 32.1 Å². The number of hydrogen-bond acceptors (Lipinski definition) is 5. The number of hydrogen-bond donors (Lipinski definition) is 2. The van der Waals surface area contributed by atoms with Gasteiger partial charge in [0, 0.05) is 24.5 Å². The average Bonchev–Trinajstić information content (AvgIpc) is 2.82. The van der Waals surface area contributed by atoms with E-state index in [1.165, 1.54) is 4.88 Å². The lowest BCUT2D eigenvalue weighted by atomic mass is 10.1. The number of rotatable bonds is 3. The molecule has 1 aliphatic heterocycles. The Balaban J connectivity index is 2.00. The Kier molecular flexibility index (Phi) is 5.19. The first-order valence-corrected chi connectivity index (χ1v) is 7.53. The zero-order chi connectivity index (χ0) is 14.6. The Hall–Kier alpha value is -0.900. The highest BCUT2D eigenvalue weighted by atomic mass is 32.1. The summed E-state index contributed by atoms with van der Waals surface area (Å²) in [5, 5.41) is 18.0. The van der Waals surface area contributed by atoms with Gasteiger partial charge in [0.15, 0.2) is 0 Å². The lowest BCUT2D eigenvalue weighted by molar-refractivity contribution is -0.150. The Morgan fingerprint density at radius 1 is 1.45 bits per heavy atom. The summed E-state index contributed by atoms with van der Waals surface area (Å²) in [6, 6.07) is 4.06. The van der Waals surface area contributed by atoms with Gasteiger partial charge in [-0.05, 0) is 26.0 Å². The van der Waals surface area contributed by atoms with Crippen LogP contribution in [-0.2, 0) is 11.3 Å². The molecule has 0 amide bonds. The topological polar surface area (TPSA) is 52.9 Å². The quantitative estimate of drug-likeness (QED) is 0.819. The van der Waals surface area contributed by atoms with Crippen LogP contribution in [0, 0.1) is 11.8 Å². The van der Waals surface area contributed by atoms with E-state index >= 15 is 0 Å². The molecule has 1 saturated heterocycles. The van der Waals surface area contributed by atoms with Crippen LogP contribution in [0.25, 0.3) is 0 Å². The molecule has 1 aromatic heterocycles. The van der Waals surface area contributed by atoms with Crippen molar-refractivity contribution in [1.82, 2.24) is 4.90 Å². The van der Waals surface area contributed by atoms with Gasteiger partial charge in [0.25, 0.3) is 0 Å². The van der Waals surface area contributed by atoms with Crippen molar-refractivity contribution in [2.75, 3.05) is 26.3 Å². The lowest BCUT2D eigenvalue weighted by Crippen LogP contribution is -2.53. The molecule has 1 aliphatic rings. The molecule has 20 heavy (non-hydrogen) atoms. The van der Waals surface area contributed by atoms with Gasteiger partial charge in [-0.3, -0.25) is 4.90 Å². The number of aliphatic hydroxyl groups excluding tert-OH is 2. The molecule has 2 N–H and O–H groups in total. The maximum absolute atomic E-state index is 9.32. The molecule has 4 nitrogen and oxygen atoms in total. The van der Waals surface area contributed by atoms with Gasteiger partial charge >= 0.3 is 0 Å². The highest BCUT2D eigenvalue weighted by molar-refractivity contribution is 7.12. The van der Waals surface area contributed by atoms with Gasteiger partial charge in [-0.1, -0.05) is 11.8 Å². The van der Waals surface area contributed by atoms with Gasteiger partial charge in [0.1, 0.15) is 6.61 Å². The van der Waals surface area contributed by atoms with E-state index in [4.69, 9.17) is 9.84 Å². The molecule has 1 atom stereocenters. The maximum Gasteiger partial charge on any atom is 0.104 e. The second-order valence-electron chi connectivity index (χ2n) is 5.58. The minimum absolute atomic E-state index is 0.0532. The van der Waals surface area contributed by atoms with Crippen molar-refractivity contribution in [3.05, 3.63) is 21.9 Å². The van der Waals surface area contributed by atoms with Gasteiger partial charge in [0.05, 0.1) is 23.2 Å². The van der Waals surface area contributed by atoms with Crippen LogP contribution in [0.2, 0.25) is 0 Å². The van der Waals surface area contributed by atoms with E-state index < -0.39 is 0 Å². The number of nitrogens with zero attached hydrogens (tertiary/aromatic N) is 1. The van der Waals surface area contributed by atoms with Crippen LogP contribution in [0.4, 0.5) is 0 Å². The Bertz CT molecular complexity index is 501. The fourth-order valence-corrected chi connectivity index (χ4v) is 3.43. The van der Waals surface area contributed by atoms with Gasteiger partial charge in [-0.2, -0.15) is 0 Å². The monoisotopic (exact) mass is 295 g/mol. The molecule has 0 saturated carbocycles. The van der Waals surface area contributed by atoms with Crippen molar-refractivity contribution >= 4 is 11.3 Å². The largest absolute Gasteiger partial charge is 0.394 e. The van der Waals surface area contributed by atoms with E-state index in [0.29, 0.717) is 0 Å². The Morgan fingerprint density at radius 2 is 2.25 bits per heavy atom. The third kappa shape index (κ3) is 4.30. The summed E-state index contributed by atoms with van der Waals surface area (Å²) in [4.78, 5) is 4.52. The van der Waals surface area contributed by atoms with E-state index in [0.717, 1.165) is 24.5 Å². The molecular weight excluding hydrogens is 274 g/mol. The van der Waals surface area contributed by atoms with E-state index in [-0.39, 0.29) is 24.9 Å². The van der Waals surface area contributed by atoms with Crippen molar-refractivity contribution in [2.24, 2.45) is 0 Å². The standard InChI is InChI=1S/C15H21NO3S/c1-15(2)11-16(8-12(10-18)19-15)9-14-6-5-13(20-14)4-3-7-17/h5-6,12,17-18H,7-11H2,1-2H3. The average molecular weight is 295 g/mol. The SMILES string of the molecule is CC1(C)CN(Cc2ccc(C#CCO)s2)CC(CO)O1. The molecule has 1 aromatic rings. The molecule has 5 heteroatoms. The molecule has 2 rings (SSSR count). The molecule has 0 radical (unpaired) electrons. The first-order chi connectivity index (χ1) is 9.52. The number of aliphatic hydroxyl groups is 2. The van der Waals surface area contributed by atoms with Crippen LogP contribution in [0.15, 0.2) is 12.1 Å². The van der Waals surface area contributed by atoms with Crippen LogP contribution < -0.4 is 0 Å². The predicted octanol–water partition coefficient (Wildman–Crippen LogP) is 1.06. The minimum Gasteiger partial charge on any atom is -0.394 e. The van der Waals surface area contributed by atoms with Gasteiger partial charge < -0.3 is 14.9 Å². The van der Waals surface area contributed by atoms with Crippen LogP contribution in [0.1, 0.15) is 23.6 Å². The maximum atomic E-state index is 9.32. The molecular formula is C15H21NO3S. The molecule has 0 bridgehead atoms. The second kappa shape index (κ2) is 6.70. The van der Waals surface area contributed by atoms with Crippen LogP contribution >= 0.6 is 11.3 Å². The second-order valence-corrected chi connectivity index (χ2v) is 6.75. The van der Waals surface area contributed by atoms with E-state index in [1.54, 1.807) is 11.3 Å². The highest BCUT2D eigenvalue weighted by Gasteiger charge is 2.32. The molecule has 0 aromatic carbocycles. The number of thiophene rings is 1. The van der Waals surface area contributed by atoms with Gasteiger partial charge in [-0.25, -0.2) is 0 Å². The molecule has 110 valence electrons. The number of morpholine rings is 1. The third-order valence-electron chi connectivity index (χ3n) is 3.09. The predicted molar refractivity (Wildman–Crippen MR) is 79.6 cm³/mol. The van der Waals surface area contributed by atoms with Gasteiger partial charge in [-0.15, -0.1) is 11.3 Å². The summed E-state index contributed by atoms with van der Waals surface area (Å²) in [5.41, 5.74) is -0.234. The fraction of sp³-hybridized carbons (Fsp3) is 0.600. The Labute approximate surface area is 124 Å². The molecule has 0 spiro atoms. The summed E-state index contributed by atoms with van der Waals surface area (Å²) in [6.45, 7) is 6.48. The molecule has 2 heterocycles. The van der Waals surface area contributed by atoms with Crippen molar-refractivity contribution in [3.8, 4) is 11.8 Å². The summed E-state index contributed by atoms with van der Waals surface area (Å²) in [5.74, 6) is 5.58. The summed E-state index contributed by atoms with van der Waals surface area (Å²) < 4.78 is 5.81. The molecule has 1 unspecified atom stereocenters. The summed E-state index contributed by atoms with van der Waals surface area (Å²) >= 11 is 1.65. The minimum atomic E-state index is -0.234. The van der Waals surface area contributed by atoms with Crippen molar-refractivity contribution in [3.63, 3.8) is 0 Å². The smallest absolute Gasteiger partial charge is 0.104 e. The van der Waals surface area contributed by atoms with E-state index in [9.17, 15) is 5.11 Å². The van der Waals surface area contributed by atoms with E-state index in [2.05, 4.69) is 22.8 Å². The third-order valence-corrected chi connectivity index (χ3v) is 4.07. The first-order valence-electron chi connectivity index (χ1n) is 6.72. The zero-order valence-electron chi connectivity index (χ0n) is 11.9. The zero-order valence-corrected chi connectivity index (χ0v) is 12.7. The van der Waals surface area contributed by atoms with E-state index in [1.807, 2.05) is 19.9 Å². The van der Waals surface area contributed by atoms with Crippen LogP contribution in [0.5, 0.6) is 0 Å². The first kappa shape index (κ1) is 15.5. The van der Waals surface area contributed by atoms with Crippen LogP contribution in [-0.4, -0.2) is 53.1 Å². The summed E-state index contributed by atoms with van der Waals surface area (Å²) in [7, 11) is 0. The summed E-state index contributed by atoms with van der Waals surface area (Å²) in [6.07, 6.45) is -0.118. The fourth-order valence-electron chi connectivity index (χ4n) is 2.51. The lowest BCUT2D eigenvalue weighted by Gasteiger charge is -2.42. The number of ether oxygens (including phenoxy) is 1. The van der Waals surface area contributed by atoms with Crippen molar-refractivity contribution in [1.29, 1.82) is 0 Å². The molecule has 1 fully saturated rings. The molecule has 0 aliphatic carbocycles.